The lowest BCUT2D eigenvalue weighted by molar-refractivity contribution is -0.143. The molecule has 0 unspecified atom stereocenters. The smallest absolute Gasteiger partial charge is 0.261 e. The van der Waals surface area contributed by atoms with E-state index in [2.05, 4.69) is 10.3 Å². The molecule has 3 aromatic carbocycles. The van der Waals surface area contributed by atoms with Gasteiger partial charge >= 0.3 is 0 Å². The van der Waals surface area contributed by atoms with E-state index in [1.54, 1.807) is 41.6 Å². The molecule has 4 aromatic rings. The van der Waals surface area contributed by atoms with Crippen molar-refractivity contribution in [2.24, 2.45) is 0 Å². The molecule has 0 saturated heterocycles. The van der Waals surface area contributed by atoms with E-state index in [0.717, 1.165) is 11.1 Å². The maximum Gasteiger partial charge on any atom is 0.261 e. The zero-order chi connectivity index (χ0) is 25.2. The molecule has 6 nitrogen and oxygen atoms in total. The van der Waals surface area contributed by atoms with E-state index in [1.165, 1.54) is 0 Å². The van der Waals surface area contributed by atoms with Crippen molar-refractivity contribution in [1.29, 1.82) is 0 Å². The monoisotopic (exact) mass is 499 g/mol. The number of pyridine rings is 1. The van der Waals surface area contributed by atoms with Crippen LogP contribution < -0.4 is 10.1 Å². The van der Waals surface area contributed by atoms with Gasteiger partial charge < -0.3 is 15.0 Å². The highest BCUT2D eigenvalue weighted by Crippen LogP contribution is 2.26. The van der Waals surface area contributed by atoms with E-state index in [-0.39, 0.29) is 25.0 Å². The second-order valence-corrected chi connectivity index (χ2v) is 8.53. The Kier molecular flexibility index (Phi) is 8.67. The van der Waals surface area contributed by atoms with Crippen LogP contribution in [0, 0.1) is 0 Å². The number of carbonyl (C=O) groups is 2. The number of nitrogens with zero attached hydrogens (tertiary/aromatic N) is 2. The molecule has 1 atom stereocenters. The average Bonchev–Trinajstić information content (AvgIpc) is 2.92. The van der Waals surface area contributed by atoms with Crippen LogP contribution in [0.4, 0.5) is 0 Å². The van der Waals surface area contributed by atoms with Crippen LogP contribution in [0.5, 0.6) is 5.75 Å². The van der Waals surface area contributed by atoms with Gasteiger partial charge in [-0.15, -0.1) is 0 Å². The van der Waals surface area contributed by atoms with Gasteiger partial charge in [-0.3, -0.25) is 14.6 Å². The van der Waals surface area contributed by atoms with Crippen LogP contribution >= 0.6 is 11.6 Å². The Labute approximate surface area is 215 Å². The van der Waals surface area contributed by atoms with Gasteiger partial charge in [0.1, 0.15) is 11.8 Å². The molecule has 0 aliphatic heterocycles. The summed E-state index contributed by atoms with van der Waals surface area (Å²) in [6.45, 7) is 0.251. The first kappa shape index (κ1) is 24.9. The summed E-state index contributed by atoms with van der Waals surface area (Å²) in [5, 5.41) is 3.38. The molecular weight excluding hydrogens is 474 g/mol. The van der Waals surface area contributed by atoms with Crippen molar-refractivity contribution in [3.63, 3.8) is 0 Å². The number of nitrogens with one attached hydrogen (secondary N) is 1. The largest absolute Gasteiger partial charge is 0.482 e. The lowest BCUT2D eigenvalue weighted by atomic mass is 10.0. The molecule has 0 radical (unpaired) electrons. The fourth-order valence-electron chi connectivity index (χ4n) is 3.78. The molecular formula is C29H26ClN3O3. The fourth-order valence-corrected chi connectivity index (χ4v) is 3.97. The fraction of sp³-hybridized carbons (Fsp3) is 0.138. The Bertz CT molecular complexity index is 1270. The van der Waals surface area contributed by atoms with Gasteiger partial charge in [0.15, 0.2) is 6.61 Å². The molecule has 0 aliphatic carbocycles. The van der Waals surface area contributed by atoms with E-state index in [9.17, 15) is 9.59 Å². The zero-order valence-corrected chi connectivity index (χ0v) is 20.3. The van der Waals surface area contributed by atoms with E-state index in [4.69, 9.17) is 16.3 Å². The van der Waals surface area contributed by atoms with Crippen LogP contribution in [0.25, 0.3) is 0 Å². The number of amides is 2. The Morgan fingerprint density at radius 3 is 2.22 bits per heavy atom. The first-order valence-corrected chi connectivity index (χ1v) is 11.9. The molecule has 0 spiro atoms. The summed E-state index contributed by atoms with van der Waals surface area (Å²) in [5.74, 6) is -0.235. The summed E-state index contributed by atoms with van der Waals surface area (Å²) in [7, 11) is 0. The van der Waals surface area contributed by atoms with Crippen molar-refractivity contribution in [3.8, 4) is 5.75 Å². The molecule has 1 heterocycles. The molecule has 0 saturated carbocycles. The molecule has 36 heavy (non-hydrogen) atoms. The predicted octanol–water partition coefficient (Wildman–Crippen LogP) is 5.20. The Hall–Kier alpha value is -4.16. The molecule has 182 valence electrons. The molecule has 0 bridgehead atoms. The Morgan fingerprint density at radius 2 is 1.53 bits per heavy atom. The summed E-state index contributed by atoms with van der Waals surface area (Å²) in [4.78, 5) is 32.8. The minimum Gasteiger partial charge on any atom is -0.482 e. The van der Waals surface area contributed by atoms with Crippen molar-refractivity contribution in [2.75, 3.05) is 6.61 Å². The van der Waals surface area contributed by atoms with E-state index in [1.807, 2.05) is 72.8 Å². The van der Waals surface area contributed by atoms with E-state index < -0.39 is 6.04 Å². The van der Waals surface area contributed by atoms with Gasteiger partial charge in [-0.25, -0.2) is 0 Å². The third-order valence-corrected chi connectivity index (χ3v) is 5.88. The number of rotatable bonds is 10. The second-order valence-electron chi connectivity index (χ2n) is 8.12. The molecule has 1 aromatic heterocycles. The van der Waals surface area contributed by atoms with Crippen molar-refractivity contribution >= 4 is 23.4 Å². The Balaban J connectivity index is 1.62. The molecule has 0 fully saturated rings. The highest BCUT2D eigenvalue weighted by atomic mass is 35.5. The standard InChI is InChI=1S/C29H26ClN3O3/c30-25-15-7-8-16-26(25)36-21-27(34)33(20-22-10-3-1-4-11-22)28(24-13-5-2-6-14-24)29(35)32-19-23-12-9-17-31-18-23/h1-18,28H,19-21H2,(H,32,35)/t28-/m1/s1. The molecule has 4 rings (SSSR count). The number of hydrogen-bond acceptors (Lipinski definition) is 4. The van der Waals surface area contributed by atoms with Gasteiger partial charge in [0.05, 0.1) is 5.02 Å². The first-order chi connectivity index (χ1) is 17.6. The molecule has 2 amide bonds. The number of benzene rings is 3. The molecule has 0 aliphatic rings. The van der Waals surface area contributed by atoms with E-state index >= 15 is 0 Å². The van der Waals surface area contributed by atoms with Crippen LogP contribution in [0.1, 0.15) is 22.7 Å². The van der Waals surface area contributed by atoms with Gasteiger partial charge in [-0.05, 0) is 34.9 Å². The van der Waals surface area contributed by atoms with Gasteiger partial charge in [-0.2, -0.15) is 0 Å². The Morgan fingerprint density at radius 1 is 0.861 bits per heavy atom. The normalized spacial score (nSPS) is 11.4. The first-order valence-electron chi connectivity index (χ1n) is 11.5. The predicted molar refractivity (Wildman–Crippen MR) is 139 cm³/mol. The summed E-state index contributed by atoms with van der Waals surface area (Å²) in [6.07, 6.45) is 3.37. The minimum absolute atomic E-state index is 0.228. The maximum atomic E-state index is 13.6. The van der Waals surface area contributed by atoms with Crippen LogP contribution in [0.3, 0.4) is 0 Å². The zero-order valence-electron chi connectivity index (χ0n) is 19.6. The third-order valence-electron chi connectivity index (χ3n) is 5.57. The van der Waals surface area contributed by atoms with Crippen LogP contribution in [-0.4, -0.2) is 28.3 Å². The molecule has 7 heteroatoms. The number of para-hydroxylation sites is 1. The van der Waals surface area contributed by atoms with Gasteiger partial charge in [0.2, 0.25) is 5.91 Å². The lowest BCUT2D eigenvalue weighted by Crippen LogP contribution is -2.45. The van der Waals surface area contributed by atoms with Gasteiger partial charge in [0, 0.05) is 25.5 Å². The maximum absolute atomic E-state index is 13.6. The van der Waals surface area contributed by atoms with Crippen LogP contribution in [-0.2, 0) is 22.7 Å². The molecule has 1 N–H and O–H groups in total. The van der Waals surface area contributed by atoms with Crippen molar-refractivity contribution < 1.29 is 14.3 Å². The minimum atomic E-state index is -0.870. The van der Waals surface area contributed by atoms with Crippen LogP contribution in [0.2, 0.25) is 5.02 Å². The average molecular weight is 500 g/mol. The lowest BCUT2D eigenvalue weighted by Gasteiger charge is -2.31. The van der Waals surface area contributed by atoms with Gasteiger partial charge in [-0.1, -0.05) is 90.5 Å². The van der Waals surface area contributed by atoms with Gasteiger partial charge in [0.25, 0.3) is 5.91 Å². The number of halogens is 1. The topological polar surface area (TPSA) is 71.5 Å². The number of aromatic nitrogens is 1. The highest BCUT2D eigenvalue weighted by Gasteiger charge is 2.31. The van der Waals surface area contributed by atoms with Crippen molar-refractivity contribution in [1.82, 2.24) is 15.2 Å². The summed E-state index contributed by atoms with van der Waals surface area (Å²) >= 11 is 6.21. The van der Waals surface area contributed by atoms with Crippen LogP contribution in [0.15, 0.2) is 109 Å². The SMILES string of the molecule is O=C(NCc1cccnc1)[C@@H](c1ccccc1)N(Cc1ccccc1)C(=O)COc1ccccc1Cl. The van der Waals surface area contributed by atoms with Crippen molar-refractivity contribution in [3.05, 3.63) is 131 Å². The third kappa shape index (κ3) is 6.71. The summed E-state index contributed by atoms with van der Waals surface area (Å²) < 4.78 is 5.75. The number of hydrogen-bond donors (Lipinski definition) is 1. The highest BCUT2D eigenvalue weighted by molar-refractivity contribution is 6.32. The summed E-state index contributed by atoms with van der Waals surface area (Å²) in [5.41, 5.74) is 2.45. The summed E-state index contributed by atoms with van der Waals surface area (Å²) in [6, 6.07) is 28.6. The number of ether oxygens (including phenoxy) is 1. The van der Waals surface area contributed by atoms with Crippen molar-refractivity contribution in [2.45, 2.75) is 19.1 Å². The number of carbonyl (C=O) groups excluding carboxylic acids is 2. The van der Waals surface area contributed by atoms with E-state index in [0.29, 0.717) is 22.9 Å². The second kappa shape index (κ2) is 12.5. The quantitative estimate of drug-likeness (QED) is 0.325.